The number of nitrogens with zero attached hydrogens (tertiary/aromatic N) is 2. The molecule has 0 saturated heterocycles. The zero-order valence-corrected chi connectivity index (χ0v) is 20.8. The molecule has 184 valence electrons. The van der Waals surface area contributed by atoms with Gasteiger partial charge in [-0.15, -0.1) is 0 Å². The number of anilines is 1. The van der Waals surface area contributed by atoms with Crippen molar-refractivity contribution in [3.05, 3.63) is 83.9 Å². The van der Waals surface area contributed by atoms with Crippen LogP contribution in [0, 0.1) is 6.92 Å². The molecule has 0 spiro atoms. The van der Waals surface area contributed by atoms with Crippen LogP contribution in [0.25, 0.3) is 0 Å². The molecule has 3 aromatic carbocycles. The number of nitrogens with one attached hydrogen (secondary N) is 1. The monoisotopic (exact) mass is 495 g/mol. The van der Waals surface area contributed by atoms with Crippen molar-refractivity contribution in [2.24, 2.45) is 5.10 Å². The van der Waals surface area contributed by atoms with Gasteiger partial charge in [0.15, 0.2) is 0 Å². The third kappa shape index (κ3) is 7.07. The summed E-state index contributed by atoms with van der Waals surface area (Å²) in [6.07, 6.45) is 1.48. The third-order valence-corrected chi connectivity index (χ3v) is 6.71. The summed E-state index contributed by atoms with van der Waals surface area (Å²) < 4.78 is 38.8. The van der Waals surface area contributed by atoms with Crippen molar-refractivity contribution in [1.29, 1.82) is 0 Å². The number of hydrogen-bond acceptors (Lipinski definition) is 6. The van der Waals surface area contributed by atoms with Gasteiger partial charge in [0.1, 0.15) is 18.0 Å². The molecular weight excluding hydrogens is 466 g/mol. The van der Waals surface area contributed by atoms with E-state index in [1.807, 2.05) is 20.8 Å². The van der Waals surface area contributed by atoms with Crippen LogP contribution in [0.5, 0.6) is 11.5 Å². The molecule has 0 heterocycles. The van der Waals surface area contributed by atoms with Crippen molar-refractivity contribution in [3.63, 3.8) is 0 Å². The van der Waals surface area contributed by atoms with Crippen LogP contribution < -0.4 is 19.2 Å². The predicted molar refractivity (Wildman–Crippen MR) is 137 cm³/mol. The summed E-state index contributed by atoms with van der Waals surface area (Å²) in [7, 11) is -4.01. The maximum absolute atomic E-state index is 13.4. The lowest BCUT2D eigenvalue weighted by atomic mass is 10.2. The van der Waals surface area contributed by atoms with E-state index in [9.17, 15) is 13.2 Å². The van der Waals surface area contributed by atoms with Crippen molar-refractivity contribution in [3.8, 4) is 11.5 Å². The fraction of sp³-hybridized carbons (Fsp3) is 0.231. The Morgan fingerprint density at radius 2 is 1.43 bits per heavy atom. The van der Waals surface area contributed by atoms with E-state index in [1.165, 1.54) is 18.3 Å². The molecule has 0 fully saturated rings. The molecule has 0 aliphatic heterocycles. The molecule has 1 amide bonds. The molecule has 9 heteroatoms. The van der Waals surface area contributed by atoms with E-state index >= 15 is 0 Å². The van der Waals surface area contributed by atoms with Crippen LogP contribution in [0.15, 0.2) is 82.8 Å². The summed E-state index contributed by atoms with van der Waals surface area (Å²) in [5.41, 5.74) is 4.42. The molecule has 3 rings (SSSR count). The van der Waals surface area contributed by atoms with Gasteiger partial charge in [-0.3, -0.25) is 9.10 Å². The highest BCUT2D eigenvalue weighted by Gasteiger charge is 2.27. The van der Waals surface area contributed by atoms with Gasteiger partial charge in [-0.2, -0.15) is 5.10 Å². The Morgan fingerprint density at radius 1 is 0.886 bits per heavy atom. The number of sulfonamides is 1. The molecular formula is C26H29N3O5S. The summed E-state index contributed by atoms with van der Waals surface area (Å²) in [4.78, 5) is 12.8. The fourth-order valence-electron chi connectivity index (χ4n) is 3.19. The second-order valence-corrected chi connectivity index (χ2v) is 9.41. The minimum Gasteiger partial charge on any atom is -0.494 e. The van der Waals surface area contributed by atoms with E-state index in [1.54, 1.807) is 60.7 Å². The highest BCUT2D eigenvalue weighted by molar-refractivity contribution is 7.92. The van der Waals surface area contributed by atoms with E-state index in [-0.39, 0.29) is 4.90 Å². The number of benzene rings is 3. The number of ether oxygens (including phenoxy) is 2. The Kier molecular flexibility index (Phi) is 8.86. The lowest BCUT2D eigenvalue weighted by Crippen LogP contribution is -2.39. The summed E-state index contributed by atoms with van der Waals surface area (Å²) >= 11 is 0. The highest BCUT2D eigenvalue weighted by atomic mass is 32.2. The van der Waals surface area contributed by atoms with E-state index in [0.29, 0.717) is 24.7 Å². The van der Waals surface area contributed by atoms with Gasteiger partial charge in [0, 0.05) is 0 Å². The fourth-order valence-corrected chi connectivity index (χ4v) is 4.61. The topological polar surface area (TPSA) is 97.3 Å². The molecule has 3 aromatic rings. The number of rotatable bonds is 11. The molecule has 0 saturated carbocycles. The smallest absolute Gasteiger partial charge is 0.264 e. The molecule has 8 nitrogen and oxygen atoms in total. The van der Waals surface area contributed by atoms with Crippen LogP contribution in [-0.2, 0) is 14.8 Å². The van der Waals surface area contributed by atoms with Crippen LogP contribution in [0.2, 0.25) is 0 Å². The second kappa shape index (κ2) is 12.0. The average Bonchev–Trinajstić information content (AvgIpc) is 2.85. The van der Waals surface area contributed by atoms with Crippen LogP contribution in [0.1, 0.15) is 25.0 Å². The largest absolute Gasteiger partial charge is 0.494 e. The van der Waals surface area contributed by atoms with Crippen molar-refractivity contribution in [1.82, 2.24) is 5.43 Å². The molecule has 0 atom stereocenters. The first-order valence-corrected chi connectivity index (χ1v) is 12.6. The van der Waals surface area contributed by atoms with Gasteiger partial charge < -0.3 is 9.47 Å². The van der Waals surface area contributed by atoms with E-state index in [0.717, 1.165) is 21.2 Å². The Bertz CT molecular complexity index is 1240. The quantitative estimate of drug-likeness (QED) is 0.319. The van der Waals surface area contributed by atoms with Crippen LogP contribution in [-0.4, -0.2) is 40.3 Å². The van der Waals surface area contributed by atoms with Crippen LogP contribution in [0.4, 0.5) is 5.69 Å². The van der Waals surface area contributed by atoms with Gasteiger partial charge in [0.25, 0.3) is 15.9 Å². The lowest BCUT2D eigenvalue weighted by molar-refractivity contribution is -0.119. The molecule has 0 aliphatic carbocycles. The maximum atomic E-state index is 13.4. The van der Waals surface area contributed by atoms with Gasteiger partial charge >= 0.3 is 0 Å². The summed E-state index contributed by atoms with van der Waals surface area (Å²) in [5.74, 6) is 0.756. The molecule has 1 N–H and O–H groups in total. The molecule has 35 heavy (non-hydrogen) atoms. The third-order valence-electron chi connectivity index (χ3n) is 4.93. The van der Waals surface area contributed by atoms with Gasteiger partial charge in [-0.25, -0.2) is 13.8 Å². The van der Waals surface area contributed by atoms with Gasteiger partial charge in [0.2, 0.25) is 0 Å². The van der Waals surface area contributed by atoms with Crippen molar-refractivity contribution < 1.29 is 22.7 Å². The van der Waals surface area contributed by atoms with Crippen molar-refractivity contribution in [2.45, 2.75) is 25.7 Å². The van der Waals surface area contributed by atoms with Gasteiger partial charge in [-0.1, -0.05) is 17.7 Å². The highest BCUT2D eigenvalue weighted by Crippen LogP contribution is 2.26. The van der Waals surface area contributed by atoms with E-state index < -0.39 is 22.5 Å². The number of carbonyl (C=O) groups is 1. The van der Waals surface area contributed by atoms with E-state index in [2.05, 4.69) is 10.5 Å². The number of hydrazone groups is 1. The Hall–Kier alpha value is -3.85. The first-order chi connectivity index (χ1) is 16.8. The average molecular weight is 496 g/mol. The zero-order valence-electron chi connectivity index (χ0n) is 20.0. The van der Waals surface area contributed by atoms with Crippen molar-refractivity contribution >= 4 is 27.8 Å². The molecule has 0 bridgehead atoms. The molecule has 0 radical (unpaired) electrons. The minimum atomic E-state index is -4.01. The normalized spacial score (nSPS) is 11.3. The molecule has 0 unspecified atom stereocenters. The standard InChI is InChI=1S/C26H29N3O5S/c1-4-33-23-12-8-21(9-13-23)18-27-28-26(30)19-29(22-10-14-24(15-11-22)34-5-2)35(31,32)25-16-6-20(3)7-17-25/h6-18H,4-5,19H2,1-3H3,(H,28,30)/b27-18-. The number of carbonyl (C=O) groups excluding carboxylic acids is 1. The Labute approximate surface area is 206 Å². The number of hydrogen-bond donors (Lipinski definition) is 1. The number of amides is 1. The molecule has 0 aromatic heterocycles. The zero-order chi connectivity index (χ0) is 25.3. The predicted octanol–water partition coefficient (Wildman–Crippen LogP) is 4.14. The number of aryl methyl sites for hydroxylation is 1. The van der Waals surface area contributed by atoms with Gasteiger partial charge in [-0.05, 0) is 87.0 Å². The maximum Gasteiger partial charge on any atom is 0.264 e. The Morgan fingerprint density at radius 3 is 1.97 bits per heavy atom. The summed E-state index contributed by atoms with van der Waals surface area (Å²) in [6.45, 7) is 6.24. The first kappa shape index (κ1) is 25.8. The summed E-state index contributed by atoms with van der Waals surface area (Å²) in [6, 6.07) is 20.2. The first-order valence-electron chi connectivity index (χ1n) is 11.2. The summed E-state index contributed by atoms with van der Waals surface area (Å²) in [5, 5.41) is 3.96. The van der Waals surface area contributed by atoms with Crippen LogP contribution in [0.3, 0.4) is 0 Å². The Balaban J connectivity index is 1.79. The SMILES string of the molecule is CCOc1ccc(/C=N\NC(=O)CN(c2ccc(OCC)cc2)S(=O)(=O)c2ccc(C)cc2)cc1. The second-order valence-electron chi connectivity index (χ2n) is 7.55. The van der Waals surface area contributed by atoms with E-state index in [4.69, 9.17) is 9.47 Å². The van der Waals surface area contributed by atoms with Gasteiger partial charge in [0.05, 0.1) is 30.0 Å². The van der Waals surface area contributed by atoms with Crippen LogP contribution >= 0.6 is 0 Å². The van der Waals surface area contributed by atoms with Crippen molar-refractivity contribution in [2.75, 3.05) is 24.1 Å². The minimum absolute atomic E-state index is 0.0858. The molecule has 0 aliphatic rings. The lowest BCUT2D eigenvalue weighted by Gasteiger charge is -2.24.